The van der Waals surface area contributed by atoms with E-state index in [0.29, 0.717) is 0 Å². The number of hydrogen-bond acceptors (Lipinski definition) is 6. The van der Waals surface area contributed by atoms with Gasteiger partial charge in [0.25, 0.3) is 0 Å². The van der Waals surface area contributed by atoms with Crippen LogP contribution >= 0.6 is 0 Å². The molecule has 1 aliphatic rings. The Morgan fingerprint density at radius 3 is 2.47 bits per heavy atom. The number of amides is 2. The summed E-state index contributed by atoms with van der Waals surface area (Å²) in [7, 11) is 0. The smallest absolute Gasteiger partial charge is 0.387 e. The molecule has 0 aromatic rings. The summed E-state index contributed by atoms with van der Waals surface area (Å²) in [4.78, 5) is 11.2. The van der Waals surface area contributed by atoms with Crippen LogP contribution in [-0.4, -0.2) is 64.6 Å². The second kappa shape index (κ2) is 5.92. The predicted molar refractivity (Wildman–Crippen MR) is 58.0 cm³/mol. The van der Waals surface area contributed by atoms with Gasteiger partial charge in [-0.25, -0.2) is 4.79 Å². The first-order valence-corrected chi connectivity index (χ1v) is 5.53. The SMILES string of the molecule is CC1OC(CO)C(O)C(O)C1NC(=O)NC(N)(F)F. The zero-order chi connectivity index (χ0) is 14.8. The summed E-state index contributed by atoms with van der Waals surface area (Å²) in [6.07, 6.45) is -8.64. The maximum Gasteiger partial charge on any atom is 0.387 e. The molecule has 1 saturated heterocycles. The number of urea groups is 1. The van der Waals surface area contributed by atoms with E-state index in [1.54, 1.807) is 0 Å². The lowest BCUT2D eigenvalue weighted by Gasteiger charge is -2.41. The largest absolute Gasteiger partial charge is 0.394 e. The highest BCUT2D eigenvalue weighted by Crippen LogP contribution is 2.20. The molecule has 10 heteroatoms. The number of ether oxygens (including phenoxy) is 1. The molecule has 19 heavy (non-hydrogen) atoms. The van der Waals surface area contributed by atoms with Crippen LogP contribution in [0.1, 0.15) is 6.92 Å². The Morgan fingerprint density at radius 2 is 2.00 bits per heavy atom. The van der Waals surface area contributed by atoms with Crippen LogP contribution in [0.5, 0.6) is 0 Å². The maximum absolute atomic E-state index is 12.3. The summed E-state index contributed by atoms with van der Waals surface area (Å²) >= 11 is 0. The molecule has 0 spiro atoms. The number of rotatable bonds is 3. The number of alkyl halides is 2. The van der Waals surface area contributed by atoms with Crippen LogP contribution in [-0.2, 0) is 4.74 Å². The minimum atomic E-state index is -3.90. The molecule has 1 aliphatic heterocycles. The molecule has 1 fully saturated rings. The molecule has 1 heterocycles. The van der Waals surface area contributed by atoms with Crippen molar-refractivity contribution < 1.29 is 33.6 Å². The fourth-order valence-corrected chi connectivity index (χ4v) is 1.84. The van der Waals surface area contributed by atoms with E-state index < -0.39 is 49.3 Å². The predicted octanol–water partition coefficient (Wildman–Crippen LogP) is -2.34. The molecule has 5 atom stereocenters. The molecular weight excluding hydrogens is 268 g/mol. The quantitative estimate of drug-likeness (QED) is 0.254. The van der Waals surface area contributed by atoms with Crippen molar-refractivity contribution in [1.82, 2.24) is 10.6 Å². The van der Waals surface area contributed by atoms with Gasteiger partial charge in [-0.05, 0) is 6.92 Å². The van der Waals surface area contributed by atoms with Crippen LogP contribution in [0, 0.1) is 0 Å². The van der Waals surface area contributed by atoms with E-state index in [1.807, 2.05) is 5.32 Å². The van der Waals surface area contributed by atoms with Gasteiger partial charge in [0.15, 0.2) is 0 Å². The highest BCUT2D eigenvalue weighted by Gasteiger charge is 2.43. The van der Waals surface area contributed by atoms with E-state index in [-0.39, 0.29) is 0 Å². The van der Waals surface area contributed by atoms with Crippen molar-refractivity contribution in [2.24, 2.45) is 5.73 Å². The van der Waals surface area contributed by atoms with Crippen molar-refractivity contribution in [3.63, 3.8) is 0 Å². The summed E-state index contributed by atoms with van der Waals surface area (Å²) in [6.45, 7) is 0.922. The summed E-state index contributed by atoms with van der Waals surface area (Å²) < 4.78 is 29.8. The molecule has 2 amide bonds. The Balaban J connectivity index is 2.65. The Bertz CT molecular complexity index is 327. The number of nitrogens with two attached hydrogens (primary N) is 1. The van der Waals surface area contributed by atoms with Gasteiger partial charge in [-0.2, -0.15) is 8.78 Å². The number of nitrogens with one attached hydrogen (secondary N) is 2. The monoisotopic (exact) mass is 285 g/mol. The van der Waals surface area contributed by atoms with Crippen molar-refractivity contribution in [2.75, 3.05) is 6.61 Å². The molecule has 0 saturated carbocycles. The van der Waals surface area contributed by atoms with Crippen LogP contribution in [0.25, 0.3) is 0 Å². The normalized spacial score (nSPS) is 35.8. The van der Waals surface area contributed by atoms with E-state index in [4.69, 9.17) is 9.84 Å². The lowest BCUT2D eigenvalue weighted by molar-refractivity contribution is -0.187. The number of carbonyl (C=O) groups excluding carboxylic acids is 1. The zero-order valence-electron chi connectivity index (χ0n) is 10.1. The number of hydrogen-bond donors (Lipinski definition) is 6. The molecule has 112 valence electrons. The Hall–Kier alpha value is -1.07. The van der Waals surface area contributed by atoms with Gasteiger partial charge in [-0.1, -0.05) is 0 Å². The van der Waals surface area contributed by atoms with Crippen LogP contribution in [0.15, 0.2) is 0 Å². The van der Waals surface area contributed by atoms with Crippen molar-refractivity contribution in [3.05, 3.63) is 0 Å². The third kappa shape index (κ3) is 4.21. The summed E-state index contributed by atoms with van der Waals surface area (Å²) in [5.74, 6) is 0. The average molecular weight is 285 g/mol. The highest BCUT2D eigenvalue weighted by atomic mass is 19.3. The Labute approximate surface area is 107 Å². The summed E-state index contributed by atoms with van der Waals surface area (Å²) in [6, 6.07) is -2.44. The van der Waals surface area contributed by atoms with Gasteiger partial charge < -0.3 is 25.4 Å². The second-order valence-corrected chi connectivity index (χ2v) is 4.29. The number of halogens is 2. The lowest BCUT2D eigenvalue weighted by Crippen LogP contribution is -2.65. The van der Waals surface area contributed by atoms with Crippen LogP contribution in [0.2, 0.25) is 0 Å². The summed E-state index contributed by atoms with van der Waals surface area (Å²) in [5, 5.41) is 31.4. The molecule has 5 unspecified atom stereocenters. The average Bonchev–Trinajstić information content (AvgIpc) is 2.27. The fraction of sp³-hybridized carbons (Fsp3) is 0.889. The third-order valence-electron chi connectivity index (χ3n) is 2.75. The number of carbonyl (C=O) groups is 1. The molecule has 7 N–H and O–H groups in total. The molecular formula is C9H17F2N3O5. The van der Waals surface area contributed by atoms with Crippen molar-refractivity contribution in [3.8, 4) is 0 Å². The Kier molecular flexibility index (Phi) is 4.98. The van der Waals surface area contributed by atoms with Gasteiger partial charge in [-0.3, -0.25) is 11.1 Å². The first-order chi connectivity index (χ1) is 8.65. The van der Waals surface area contributed by atoms with Gasteiger partial charge in [0.05, 0.1) is 18.8 Å². The van der Waals surface area contributed by atoms with Crippen LogP contribution in [0.3, 0.4) is 0 Å². The Morgan fingerprint density at radius 1 is 1.42 bits per heavy atom. The molecule has 0 aromatic heterocycles. The second-order valence-electron chi connectivity index (χ2n) is 4.29. The van der Waals surface area contributed by atoms with E-state index >= 15 is 0 Å². The van der Waals surface area contributed by atoms with Crippen molar-refractivity contribution >= 4 is 6.03 Å². The van der Waals surface area contributed by atoms with E-state index in [9.17, 15) is 23.8 Å². The van der Waals surface area contributed by atoms with Crippen LogP contribution in [0.4, 0.5) is 13.6 Å². The van der Waals surface area contributed by atoms with Gasteiger partial charge in [0.1, 0.15) is 18.3 Å². The molecule has 0 aromatic carbocycles. The molecule has 0 aliphatic carbocycles. The number of aliphatic hydroxyl groups is 3. The van der Waals surface area contributed by atoms with Gasteiger partial charge >= 0.3 is 12.2 Å². The van der Waals surface area contributed by atoms with Crippen molar-refractivity contribution in [1.29, 1.82) is 0 Å². The van der Waals surface area contributed by atoms with E-state index in [0.717, 1.165) is 5.32 Å². The zero-order valence-corrected chi connectivity index (χ0v) is 10.1. The molecule has 0 bridgehead atoms. The minimum absolute atomic E-state index is 0.525. The summed E-state index contributed by atoms with van der Waals surface area (Å²) in [5.41, 5.74) is 4.30. The highest BCUT2D eigenvalue weighted by molar-refractivity contribution is 5.74. The first-order valence-electron chi connectivity index (χ1n) is 5.53. The first kappa shape index (κ1) is 16.0. The van der Waals surface area contributed by atoms with Crippen LogP contribution < -0.4 is 16.4 Å². The van der Waals surface area contributed by atoms with Gasteiger partial charge in [0.2, 0.25) is 0 Å². The molecule has 0 radical (unpaired) electrons. The topological polar surface area (TPSA) is 137 Å². The third-order valence-corrected chi connectivity index (χ3v) is 2.75. The van der Waals surface area contributed by atoms with Crippen molar-refractivity contribution in [2.45, 2.75) is 43.6 Å². The van der Waals surface area contributed by atoms with Gasteiger partial charge in [0, 0.05) is 0 Å². The van der Waals surface area contributed by atoms with E-state index in [2.05, 4.69) is 5.73 Å². The standard InChI is InChI=1S/C9H17F2N3O5/c1-3-5(13-8(18)14-9(10,11)12)7(17)6(16)4(2-15)19-3/h3-7,15-17H,2,12H2,1H3,(H2,13,14,18). The lowest BCUT2D eigenvalue weighted by atomic mass is 9.94. The minimum Gasteiger partial charge on any atom is -0.394 e. The molecule has 1 rings (SSSR count). The molecule has 8 nitrogen and oxygen atoms in total. The van der Waals surface area contributed by atoms with E-state index in [1.165, 1.54) is 6.92 Å². The van der Waals surface area contributed by atoms with Gasteiger partial charge in [-0.15, -0.1) is 0 Å². The number of aliphatic hydroxyl groups excluding tert-OH is 3. The maximum atomic E-state index is 12.3. The fourth-order valence-electron chi connectivity index (χ4n) is 1.84.